The van der Waals surface area contributed by atoms with Crippen molar-refractivity contribution in [3.05, 3.63) is 46.0 Å². The van der Waals surface area contributed by atoms with E-state index in [2.05, 4.69) is 15.4 Å². The highest BCUT2D eigenvalue weighted by Gasteiger charge is 2.35. The van der Waals surface area contributed by atoms with E-state index < -0.39 is 23.5 Å². The number of ether oxygens (including phenoxy) is 2. The van der Waals surface area contributed by atoms with Gasteiger partial charge in [-0.2, -0.15) is 5.10 Å². The van der Waals surface area contributed by atoms with Crippen molar-refractivity contribution >= 4 is 17.5 Å². The Morgan fingerprint density at radius 2 is 1.93 bits per heavy atom. The van der Waals surface area contributed by atoms with E-state index in [9.17, 15) is 14.7 Å². The molecule has 5 rings (SSSR count). The molecule has 1 aromatic carbocycles. The quantitative estimate of drug-likeness (QED) is 0.330. The molecule has 0 spiro atoms. The van der Waals surface area contributed by atoms with Crippen molar-refractivity contribution in [3.8, 4) is 17.0 Å². The van der Waals surface area contributed by atoms with Crippen LogP contribution < -0.4 is 10.1 Å². The molecule has 2 N–H and O–H groups in total. The van der Waals surface area contributed by atoms with E-state index in [1.54, 1.807) is 33.8 Å². The summed E-state index contributed by atoms with van der Waals surface area (Å²) in [5.41, 5.74) is 2.65. The molecule has 1 amide bonds. The number of carbonyl (C=O) groups excluding carboxylic acids is 1. The number of carboxylic acids is 1. The van der Waals surface area contributed by atoms with Crippen molar-refractivity contribution in [2.45, 2.75) is 97.7 Å². The Hall–Kier alpha value is -3.53. The number of aliphatic carboxylic acids is 1. The van der Waals surface area contributed by atoms with Crippen molar-refractivity contribution in [1.29, 1.82) is 0 Å². The van der Waals surface area contributed by atoms with Gasteiger partial charge in [0.25, 0.3) is 5.91 Å². The number of benzene rings is 1. The number of amides is 1. The largest absolute Gasteiger partial charge is 0.490 e. The predicted molar refractivity (Wildman–Crippen MR) is 156 cm³/mol. The van der Waals surface area contributed by atoms with Gasteiger partial charge in [0.15, 0.2) is 29.0 Å². The molecule has 10 heteroatoms. The van der Waals surface area contributed by atoms with Crippen LogP contribution in [0.25, 0.3) is 16.9 Å². The maximum atomic E-state index is 15.5. The van der Waals surface area contributed by atoms with Crippen molar-refractivity contribution in [1.82, 2.24) is 19.9 Å². The molecule has 1 saturated carbocycles. The summed E-state index contributed by atoms with van der Waals surface area (Å²) in [5.74, 6) is -1.22. The van der Waals surface area contributed by atoms with Gasteiger partial charge < -0.3 is 19.9 Å². The van der Waals surface area contributed by atoms with E-state index >= 15 is 4.39 Å². The number of carboxylic acid groups (broad SMARTS) is 1. The smallest absolute Gasteiger partial charge is 0.337 e. The van der Waals surface area contributed by atoms with Crippen molar-refractivity contribution < 1.29 is 28.6 Å². The normalized spacial score (nSPS) is 16.6. The molecule has 1 unspecified atom stereocenters. The van der Waals surface area contributed by atoms with Gasteiger partial charge in [-0.25, -0.2) is 18.7 Å². The lowest BCUT2D eigenvalue weighted by Crippen LogP contribution is -2.29. The number of nitrogens with zero attached hydrogens (tertiary/aromatic N) is 3. The second-order valence-corrected chi connectivity index (χ2v) is 12.5. The van der Waals surface area contributed by atoms with Crippen LogP contribution in [0.2, 0.25) is 0 Å². The second kappa shape index (κ2) is 12.0. The van der Waals surface area contributed by atoms with Crippen LogP contribution in [0.4, 0.5) is 4.39 Å². The Morgan fingerprint density at radius 1 is 1.19 bits per heavy atom. The highest BCUT2D eigenvalue weighted by Crippen LogP contribution is 2.41. The minimum Gasteiger partial charge on any atom is -0.490 e. The number of nitrogens with one attached hydrogen (secondary N) is 1. The predicted octanol–water partition coefficient (Wildman–Crippen LogP) is 6.12. The van der Waals surface area contributed by atoms with E-state index in [-0.39, 0.29) is 22.9 Å². The first kappa shape index (κ1) is 29.9. The zero-order valence-electron chi connectivity index (χ0n) is 25.2. The highest BCUT2D eigenvalue weighted by atomic mass is 19.1. The zero-order chi connectivity index (χ0) is 30.2. The number of hydrogen-bond donors (Lipinski definition) is 2. The fourth-order valence-corrected chi connectivity index (χ4v) is 6.26. The molecule has 226 valence electrons. The number of carbonyl (C=O) groups is 2. The summed E-state index contributed by atoms with van der Waals surface area (Å²) in [5, 5.41) is 17.9. The molecule has 9 nitrogen and oxygen atoms in total. The van der Waals surface area contributed by atoms with E-state index in [4.69, 9.17) is 9.47 Å². The molecular formula is C32H41FN4O5. The molecular weight excluding hydrogens is 539 g/mol. The van der Waals surface area contributed by atoms with Crippen LogP contribution in [0.5, 0.6) is 5.75 Å². The Kier molecular flexibility index (Phi) is 8.55. The van der Waals surface area contributed by atoms with Crippen molar-refractivity contribution in [2.24, 2.45) is 5.92 Å². The Morgan fingerprint density at radius 3 is 2.62 bits per heavy atom. The van der Waals surface area contributed by atoms with Crippen LogP contribution in [0.3, 0.4) is 0 Å². The van der Waals surface area contributed by atoms with E-state index in [0.29, 0.717) is 48.1 Å². The second-order valence-electron chi connectivity index (χ2n) is 12.5. The average molecular weight is 581 g/mol. The van der Waals surface area contributed by atoms with E-state index in [1.165, 1.54) is 42.7 Å². The van der Waals surface area contributed by atoms with E-state index in [0.717, 1.165) is 24.0 Å². The molecule has 42 heavy (non-hydrogen) atoms. The summed E-state index contributed by atoms with van der Waals surface area (Å²) in [6, 6.07) is 2.95. The lowest BCUT2D eigenvalue weighted by Gasteiger charge is -2.28. The van der Waals surface area contributed by atoms with Crippen LogP contribution in [-0.4, -0.2) is 50.3 Å². The van der Waals surface area contributed by atoms with Crippen molar-refractivity contribution in [2.75, 3.05) is 13.2 Å². The first-order valence-corrected chi connectivity index (χ1v) is 15.0. The van der Waals surface area contributed by atoms with E-state index in [1.807, 2.05) is 6.92 Å². The SMILES string of the molecule is Cc1nc2cc(C(=O)NCCC3CCCCC3)nn2c(-c2cc(F)c3c(c2C)CCCO3)c1C(OC(C)(C)C)C(=O)O. The van der Waals surface area contributed by atoms with Crippen LogP contribution in [0, 0.1) is 25.6 Å². The summed E-state index contributed by atoms with van der Waals surface area (Å²) in [6.07, 6.45) is 7.04. The topological polar surface area (TPSA) is 115 Å². The van der Waals surface area contributed by atoms with Gasteiger partial charge in [-0.3, -0.25) is 4.79 Å². The molecule has 1 aliphatic heterocycles. The molecule has 1 aliphatic carbocycles. The van der Waals surface area contributed by atoms with Crippen LogP contribution in [0.1, 0.15) is 105 Å². The van der Waals surface area contributed by atoms with Crippen LogP contribution in [0.15, 0.2) is 12.1 Å². The standard InChI is InChI=1S/C32H41FN4O5/c1-18-21-12-9-15-41-28(21)23(33)16-22(18)27-26(29(31(39)40)42-32(3,4)5)19(2)35-25-17-24(36-37(25)27)30(38)34-14-13-20-10-7-6-8-11-20/h16-17,20,29H,6-15H2,1-5H3,(H,34,38)(H,39,40). The maximum Gasteiger partial charge on any atom is 0.337 e. The van der Waals surface area contributed by atoms with Gasteiger partial charge in [-0.15, -0.1) is 0 Å². The third-order valence-electron chi connectivity index (χ3n) is 8.27. The maximum absolute atomic E-state index is 15.5. The first-order chi connectivity index (χ1) is 19.9. The van der Waals surface area contributed by atoms with Gasteiger partial charge in [-0.1, -0.05) is 32.1 Å². The fourth-order valence-electron chi connectivity index (χ4n) is 6.26. The molecule has 2 aliphatic rings. The number of rotatable bonds is 8. The summed E-state index contributed by atoms with van der Waals surface area (Å²) < 4.78 is 28.7. The summed E-state index contributed by atoms with van der Waals surface area (Å²) >= 11 is 0. The number of halogens is 1. The van der Waals surface area contributed by atoms with Gasteiger partial charge in [0.05, 0.1) is 17.9 Å². The highest BCUT2D eigenvalue weighted by molar-refractivity contribution is 5.93. The molecule has 3 aromatic rings. The summed E-state index contributed by atoms with van der Waals surface area (Å²) in [6.45, 7) is 9.88. The lowest BCUT2D eigenvalue weighted by molar-refractivity contribution is -0.160. The average Bonchev–Trinajstić information content (AvgIpc) is 3.37. The number of aryl methyl sites for hydroxylation is 1. The third kappa shape index (κ3) is 6.14. The van der Waals surface area contributed by atoms with Crippen LogP contribution in [-0.2, 0) is 16.0 Å². The monoisotopic (exact) mass is 580 g/mol. The molecule has 3 heterocycles. The number of fused-ring (bicyclic) bond motifs is 2. The van der Waals surface area contributed by atoms with Gasteiger partial charge in [0.2, 0.25) is 0 Å². The summed E-state index contributed by atoms with van der Waals surface area (Å²) in [4.78, 5) is 30.5. The van der Waals surface area contributed by atoms with Gasteiger partial charge in [0, 0.05) is 35.0 Å². The molecule has 0 radical (unpaired) electrons. The first-order valence-electron chi connectivity index (χ1n) is 15.0. The summed E-state index contributed by atoms with van der Waals surface area (Å²) in [7, 11) is 0. The molecule has 1 atom stereocenters. The molecule has 0 saturated heterocycles. The Labute approximate surface area is 245 Å². The third-order valence-corrected chi connectivity index (χ3v) is 8.27. The molecule has 2 aromatic heterocycles. The van der Waals surface area contributed by atoms with Crippen molar-refractivity contribution in [3.63, 3.8) is 0 Å². The van der Waals surface area contributed by atoms with Gasteiger partial charge >= 0.3 is 5.97 Å². The fraction of sp³-hybridized carbons (Fsp3) is 0.562. The minimum atomic E-state index is -1.41. The van der Waals surface area contributed by atoms with Gasteiger partial charge in [-0.05, 0) is 71.4 Å². The minimum absolute atomic E-state index is 0.159. The lowest BCUT2D eigenvalue weighted by atomic mass is 9.87. The Bertz CT molecular complexity index is 1500. The zero-order valence-corrected chi connectivity index (χ0v) is 25.2. The molecule has 0 bridgehead atoms. The Balaban J connectivity index is 1.63. The number of aromatic nitrogens is 3. The van der Waals surface area contributed by atoms with Crippen LogP contribution >= 0.6 is 0 Å². The molecule has 1 fully saturated rings. The number of hydrogen-bond acceptors (Lipinski definition) is 6. The van der Waals surface area contributed by atoms with Gasteiger partial charge in [0.1, 0.15) is 0 Å².